The maximum Gasteiger partial charge on any atom is 0.212 e. The van der Waals surface area contributed by atoms with Gasteiger partial charge in [-0.15, -0.1) is 0 Å². The van der Waals surface area contributed by atoms with Crippen molar-refractivity contribution in [1.82, 2.24) is 9.80 Å². The van der Waals surface area contributed by atoms with E-state index in [1.165, 1.54) is 88.7 Å². The van der Waals surface area contributed by atoms with Gasteiger partial charge in [0.25, 0.3) is 0 Å². The molecule has 0 fully saturated rings. The minimum absolute atomic E-state index is 0.0668. The molecule has 5 aromatic carbocycles. The zero-order valence-corrected chi connectivity index (χ0v) is 71.5. The summed E-state index contributed by atoms with van der Waals surface area (Å²) >= 11 is 0. The average Bonchev–Trinajstić information content (AvgIpc) is 1.04. The van der Waals surface area contributed by atoms with E-state index < -0.39 is 13.8 Å². The maximum absolute atomic E-state index is 7.67. The lowest BCUT2D eigenvalue weighted by Gasteiger charge is -2.32. The van der Waals surface area contributed by atoms with Crippen molar-refractivity contribution < 1.29 is 21.9 Å². The molecule has 566 valence electrons. The highest BCUT2D eigenvalue weighted by molar-refractivity contribution is 5.66. The Bertz CT molecular complexity index is 4350. The van der Waals surface area contributed by atoms with E-state index in [1.807, 2.05) is 76.8 Å². The summed E-state index contributed by atoms with van der Waals surface area (Å²) in [7, 11) is 8.53. The molecule has 0 atom stereocenters. The smallest absolute Gasteiger partial charge is 0.212 e. The molecule has 2 aliphatic heterocycles. The Morgan fingerprint density at radius 1 is 0.337 bits per heavy atom. The standard InChI is InChI=1S/2C24H36N.C23H34N.2C11H14N2.2C2H6/c2*1-10-23(5,6)20-15-22(19-13-12-17(3)14-18(19)4)25(9)16-21(20)24(7,8)11-2;1-9-22(4,5)19-15-21(18-14-12-11-13-17(18)3)24(8)16-20(19)23(6,7)10-2;2*1-10-5-3-4-6-11(10)13-8-7-12(2)9-13;2*1-2/h2*12-16H,10-11H2,1-9H3;11-16H,9-10H2,1-8H3;2*3-8H,9H2,1-2H3;2*1-2H3/q3*+1;;;;/i3D3;;;2D3;;;. The highest BCUT2D eigenvalue weighted by atomic mass is 15.3. The first-order valence-corrected chi connectivity index (χ1v) is 39.0. The van der Waals surface area contributed by atoms with Gasteiger partial charge < -0.3 is 19.6 Å². The Morgan fingerprint density at radius 3 is 0.913 bits per heavy atom. The van der Waals surface area contributed by atoms with Gasteiger partial charge in [-0.2, -0.15) is 0 Å². The Balaban J connectivity index is 0.000000292. The van der Waals surface area contributed by atoms with Crippen LogP contribution < -0.4 is 23.5 Å². The molecule has 0 unspecified atom stereocenters. The molecular formula is C97H146N7+3. The van der Waals surface area contributed by atoms with E-state index >= 15 is 0 Å². The van der Waals surface area contributed by atoms with Crippen molar-refractivity contribution in [2.45, 2.75) is 272 Å². The molecule has 5 heterocycles. The van der Waals surface area contributed by atoms with Crippen LogP contribution in [0.3, 0.4) is 0 Å². The predicted molar refractivity (Wildman–Crippen MR) is 456 cm³/mol. The van der Waals surface area contributed by atoms with Crippen LogP contribution in [0.1, 0.15) is 271 Å². The monoisotopic (exact) mass is 1420 g/mol. The van der Waals surface area contributed by atoms with Gasteiger partial charge in [0.1, 0.15) is 21.1 Å². The van der Waals surface area contributed by atoms with Gasteiger partial charge in [-0.1, -0.05) is 242 Å². The molecule has 0 bridgehead atoms. The van der Waals surface area contributed by atoms with Crippen LogP contribution in [0.15, 0.2) is 171 Å². The van der Waals surface area contributed by atoms with E-state index in [0.717, 1.165) is 73.3 Å². The number of pyridine rings is 3. The third-order valence-electron chi connectivity index (χ3n) is 22.5. The summed E-state index contributed by atoms with van der Waals surface area (Å²) in [5, 5.41) is 0. The molecule has 0 saturated carbocycles. The summed E-state index contributed by atoms with van der Waals surface area (Å²) in [6.07, 6.45) is 21.3. The molecule has 0 radical (unpaired) electrons. The molecule has 104 heavy (non-hydrogen) atoms. The van der Waals surface area contributed by atoms with Crippen molar-refractivity contribution in [2.75, 3.05) is 37.2 Å². The molecule has 2 aliphatic rings. The van der Waals surface area contributed by atoms with Crippen molar-refractivity contribution in [3.8, 4) is 33.8 Å². The third kappa shape index (κ3) is 22.4. The highest BCUT2D eigenvalue weighted by Gasteiger charge is 2.37. The second-order valence-electron chi connectivity index (χ2n) is 32.5. The average molecular weight is 1420 g/mol. The normalized spacial score (nSPS) is 14.0. The zero-order chi connectivity index (χ0) is 83.6. The maximum atomic E-state index is 7.67. The molecular weight excluding hydrogens is 1260 g/mol. The topological polar surface area (TPSA) is 24.6 Å². The van der Waals surface area contributed by atoms with Gasteiger partial charge in [0.05, 0.1) is 13.3 Å². The Kier molecular flexibility index (Phi) is 29.2. The van der Waals surface area contributed by atoms with Crippen molar-refractivity contribution in [2.24, 2.45) is 21.1 Å². The number of benzene rings is 5. The second kappa shape index (κ2) is 38.5. The van der Waals surface area contributed by atoms with Crippen LogP contribution in [0, 0.1) is 48.4 Å². The Labute approximate surface area is 646 Å². The van der Waals surface area contributed by atoms with Gasteiger partial charge in [-0.25, -0.2) is 13.7 Å². The molecule has 8 aromatic rings. The molecule has 0 amide bonds. The molecule has 0 aliphatic carbocycles. The number of anilines is 2. The van der Waals surface area contributed by atoms with Gasteiger partial charge in [-0.05, 0) is 194 Å². The van der Waals surface area contributed by atoms with Gasteiger partial charge in [0.15, 0.2) is 18.6 Å². The lowest BCUT2D eigenvalue weighted by molar-refractivity contribution is -0.661. The number of nitrogens with zero attached hydrogens (tertiary/aromatic N) is 7. The van der Waals surface area contributed by atoms with E-state index in [-0.39, 0.29) is 32.5 Å². The molecule has 10 rings (SSSR count). The molecule has 7 nitrogen and oxygen atoms in total. The molecule has 0 N–H and O–H groups in total. The number of hydrogen-bond acceptors (Lipinski definition) is 4. The van der Waals surface area contributed by atoms with Crippen LogP contribution in [0.2, 0.25) is 0 Å². The summed E-state index contributed by atoms with van der Waals surface area (Å²) in [4.78, 5) is 7.68. The van der Waals surface area contributed by atoms with Crippen molar-refractivity contribution in [1.29, 1.82) is 0 Å². The van der Waals surface area contributed by atoms with Crippen molar-refractivity contribution in [3.63, 3.8) is 0 Å². The van der Waals surface area contributed by atoms with Crippen LogP contribution in [0.5, 0.6) is 0 Å². The summed E-state index contributed by atoms with van der Waals surface area (Å²) in [6.45, 7) is 59.8. The summed E-state index contributed by atoms with van der Waals surface area (Å²) < 4.78 is 51.8. The molecule has 0 saturated heterocycles. The number of hydrogen-bond donors (Lipinski definition) is 0. The van der Waals surface area contributed by atoms with Crippen LogP contribution in [0.4, 0.5) is 11.4 Å². The highest BCUT2D eigenvalue weighted by Crippen LogP contribution is 2.43. The SMILES string of the molecule is CC.CC.CCC(C)(C)c1cc(-c2ccc(C)cc2C)[n+](C)cc1C(C)(C)CC.CCC(C)(C)c1cc(-c2ccccc2C)[n+](C)cc1C(C)(C)CC.Cc1ccccc1N1C=CN(C)C1.[2H]C([2H])([2H])N1C=CN(c2ccccc2C)C1.[2H]C([2H])([2H])c1ccc(-c2cc(C(C)(C)CC)c(C(C)(C)CC)c[n+]2C)c(C)c1. The Hall–Kier alpha value is -7.77. The van der Waals surface area contributed by atoms with Gasteiger partial charge in [0.2, 0.25) is 17.1 Å². The fraction of sp³-hybridized carbons (Fsp3) is 0.495. The molecule has 3 aromatic heterocycles. The first kappa shape index (κ1) is 78.8. The molecule has 0 spiro atoms. The van der Waals surface area contributed by atoms with E-state index in [4.69, 9.17) is 8.22 Å². The first-order valence-electron chi connectivity index (χ1n) is 42.0. The summed E-state index contributed by atoms with van der Waals surface area (Å²) in [6, 6.07) is 44.5. The molecule has 7 heteroatoms. The van der Waals surface area contributed by atoms with E-state index in [9.17, 15) is 0 Å². The van der Waals surface area contributed by atoms with Gasteiger partial charge >= 0.3 is 0 Å². The third-order valence-corrected chi connectivity index (χ3v) is 22.5. The van der Waals surface area contributed by atoms with Gasteiger partial charge in [0, 0.05) is 110 Å². The van der Waals surface area contributed by atoms with E-state index in [0.29, 0.717) is 12.2 Å². The van der Waals surface area contributed by atoms with E-state index in [2.05, 4.69) is 320 Å². The largest absolute Gasteiger partial charge is 0.361 e. The minimum atomic E-state index is -2.07. The summed E-state index contributed by atoms with van der Waals surface area (Å²) in [5.41, 5.74) is 27.3. The van der Waals surface area contributed by atoms with Gasteiger partial charge in [-0.3, -0.25) is 0 Å². The van der Waals surface area contributed by atoms with Crippen LogP contribution in [-0.2, 0) is 53.6 Å². The van der Waals surface area contributed by atoms with Crippen molar-refractivity contribution in [3.05, 3.63) is 243 Å². The van der Waals surface area contributed by atoms with E-state index in [1.54, 1.807) is 24.5 Å². The van der Waals surface area contributed by atoms with Crippen LogP contribution in [0.25, 0.3) is 33.8 Å². The number of rotatable bonds is 17. The fourth-order valence-corrected chi connectivity index (χ4v) is 13.1. The second-order valence-corrected chi connectivity index (χ2v) is 32.5. The van der Waals surface area contributed by atoms with Crippen molar-refractivity contribution >= 4 is 11.4 Å². The predicted octanol–water partition coefficient (Wildman–Crippen LogP) is 24.6. The minimum Gasteiger partial charge on any atom is -0.361 e. The first-order chi connectivity index (χ1) is 51.2. The lowest BCUT2D eigenvalue weighted by atomic mass is 9.71. The number of aromatic nitrogens is 3. The Morgan fingerprint density at radius 2 is 0.625 bits per heavy atom. The fourth-order valence-electron chi connectivity index (χ4n) is 13.1. The summed E-state index contributed by atoms with van der Waals surface area (Å²) in [5.74, 6) is 0. The zero-order valence-electron chi connectivity index (χ0n) is 77.5. The number of para-hydroxylation sites is 2. The quantitative estimate of drug-likeness (QED) is 0.0848. The number of aryl methyl sites for hydroxylation is 10. The van der Waals surface area contributed by atoms with Crippen LogP contribution >= 0.6 is 0 Å². The van der Waals surface area contributed by atoms with Crippen LogP contribution in [-0.4, -0.2) is 37.2 Å². The lowest BCUT2D eigenvalue weighted by Crippen LogP contribution is -2.37.